The maximum absolute atomic E-state index is 13.7. The summed E-state index contributed by atoms with van der Waals surface area (Å²) >= 11 is 0. The number of likely N-dealkylation sites (tertiary alicyclic amines) is 1. The summed E-state index contributed by atoms with van der Waals surface area (Å²) in [5.74, 6) is -2.23. The molecule has 1 aliphatic heterocycles. The predicted molar refractivity (Wildman–Crippen MR) is 132 cm³/mol. The molecule has 5 rings (SSSR count). The first kappa shape index (κ1) is 24.8. The molecule has 0 unspecified atom stereocenters. The Labute approximate surface area is 214 Å². The van der Waals surface area contributed by atoms with E-state index in [0.717, 1.165) is 0 Å². The minimum absolute atomic E-state index is 0.0247. The van der Waals surface area contributed by atoms with Gasteiger partial charge in [-0.05, 0) is 30.7 Å². The van der Waals surface area contributed by atoms with Crippen LogP contribution in [-0.2, 0) is 18.4 Å². The van der Waals surface area contributed by atoms with Crippen LogP contribution in [0.25, 0.3) is 16.9 Å². The molecule has 0 aliphatic carbocycles. The number of carbonyl (C=O) groups excluding carboxylic acids is 1. The van der Waals surface area contributed by atoms with E-state index in [0.29, 0.717) is 48.7 Å². The number of imidazole rings is 2. The third-order valence-corrected chi connectivity index (χ3v) is 6.55. The number of carboxylic acid groups (broad SMARTS) is 2. The Morgan fingerprint density at radius 2 is 1.92 bits per heavy atom. The van der Waals surface area contributed by atoms with Crippen LogP contribution in [0.15, 0.2) is 47.7 Å². The largest absolute Gasteiger partial charge is 0.480 e. The Morgan fingerprint density at radius 1 is 1.11 bits per heavy atom. The molecule has 0 saturated carbocycles. The number of hydrogen-bond donors (Lipinski definition) is 3. The molecular weight excluding hydrogens is 496 g/mol. The second-order valence-corrected chi connectivity index (χ2v) is 8.91. The van der Waals surface area contributed by atoms with Crippen molar-refractivity contribution in [1.82, 2.24) is 38.9 Å². The van der Waals surface area contributed by atoms with Crippen LogP contribution in [0.5, 0.6) is 0 Å². The zero-order valence-corrected chi connectivity index (χ0v) is 20.3. The topological polar surface area (TPSA) is 177 Å². The number of hydrogen-bond acceptors (Lipinski definition) is 8. The molecule has 38 heavy (non-hydrogen) atoms. The van der Waals surface area contributed by atoms with Crippen molar-refractivity contribution in [1.29, 1.82) is 0 Å². The Hall–Kier alpha value is -4.85. The first-order valence-corrected chi connectivity index (χ1v) is 11.7. The second-order valence-electron chi connectivity index (χ2n) is 8.91. The van der Waals surface area contributed by atoms with Gasteiger partial charge in [-0.15, -0.1) is 0 Å². The summed E-state index contributed by atoms with van der Waals surface area (Å²) in [5.41, 5.74) is 1.36. The van der Waals surface area contributed by atoms with Crippen LogP contribution in [0, 0.1) is 0 Å². The third kappa shape index (κ3) is 4.52. The van der Waals surface area contributed by atoms with E-state index in [2.05, 4.69) is 25.2 Å². The molecule has 3 N–H and O–H groups in total. The van der Waals surface area contributed by atoms with Gasteiger partial charge in [0.15, 0.2) is 5.65 Å². The number of pyridine rings is 2. The highest BCUT2D eigenvalue weighted by Gasteiger charge is 2.30. The van der Waals surface area contributed by atoms with Gasteiger partial charge in [0.2, 0.25) is 0 Å². The van der Waals surface area contributed by atoms with Gasteiger partial charge in [0.25, 0.3) is 5.91 Å². The van der Waals surface area contributed by atoms with Gasteiger partial charge < -0.3 is 20.1 Å². The molecule has 1 aliphatic rings. The van der Waals surface area contributed by atoms with Crippen molar-refractivity contribution in [3.8, 4) is 5.69 Å². The summed E-state index contributed by atoms with van der Waals surface area (Å²) in [7, 11) is 1.66. The number of rotatable bonds is 8. The van der Waals surface area contributed by atoms with E-state index in [9.17, 15) is 24.3 Å². The standard InChI is InChI=1S/C24H24N8O6/c1-29-18(23(36)37)10-27-19(29)13-30-8-6-15(12-30)32-21-17(3-2-7-25-21)31(24(32)38)14-4-5-16(26-9-14)22(35)28-11-20(33)34/h2-5,7,9-10,15H,6,8,11-13H2,1H3,(H,28,35)(H,33,34)(H,36,37)/t15-/m0/s1. The fourth-order valence-corrected chi connectivity index (χ4v) is 4.69. The van der Waals surface area contributed by atoms with Gasteiger partial charge in [-0.2, -0.15) is 0 Å². The maximum atomic E-state index is 13.7. The fraction of sp³-hybridized carbons (Fsp3) is 0.292. The molecule has 1 fully saturated rings. The maximum Gasteiger partial charge on any atom is 0.354 e. The number of nitrogens with zero attached hydrogens (tertiary/aromatic N) is 7. The molecule has 4 aromatic rings. The second kappa shape index (κ2) is 9.89. The number of fused-ring (bicyclic) bond motifs is 1. The van der Waals surface area contributed by atoms with E-state index in [4.69, 9.17) is 5.11 Å². The average Bonchev–Trinajstić information content (AvgIpc) is 3.58. The first-order chi connectivity index (χ1) is 18.2. The van der Waals surface area contributed by atoms with Crippen LogP contribution in [0.3, 0.4) is 0 Å². The van der Waals surface area contributed by atoms with Crippen molar-refractivity contribution < 1.29 is 24.6 Å². The van der Waals surface area contributed by atoms with E-state index in [1.165, 1.54) is 23.0 Å². The van der Waals surface area contributed by atoms with Crippen molar-refractivity contribution in [2.24, 2.45) is 7.05 Å². The van der Waals surface area contributed by atoms with Crippen LogP contribution in [0.2, 0.25) is 0 Å². The number of amides is 1. The van der Waals surface area contributed by atoms with E-state index in [-0.39, 0.29) is 23.1 Å². The summed E-state index contributed by atoms with van der Waals surface area (Å²) in [5, 5.41) is 20.3. The first-order valence-electron chi connectivity index (χ1n) is 11.7. The number of aliphatic carboxylic acids is 1. The van der Waals surface area contributed by atoms with Crippen molar-refractivity contribution in [2.45, 2.75) is 19.0 Å². The number of aromatic nitrogens is 6. The highest BCUT2D eigenvalue weighted by atomic mass is 16.4. The molecule has 1 saturated heterocycles. The number of aromatic carboxylic acids is 1. The highest BCUT2D eigenvalue weighted by Crippen LogP contribution is 2.26. The van der Waals surface area contributed by atoms with Gasteiger partial charge in [0.1, 0.15) is 23.8 Å². The van der Waals surface area contributed by atoms with Crippen molar-refractivity contribution in [3.05, 3.63) is 70.6 Å². The van der Waals surface area contributed by atoms with Crippen LogP contribution >= 0.6 is 0 Å². The van der Waals surface area contributed by atoms with Crippen molar-refractivity contribution in [3.63, 3.8) is 0 Å². The van der Waals surface area contributed by atoms with Gasteiger partial charge in [0.05, 0.1) is 36.2 Å². The molecule has 14 heteroatoms. The third-order valence-electron chi connectivity index (χ3n) is 6.55. The van der Waals surface area contributed by atoms with Crippen LogP contribution in [0.1, 0.15) is 39.3 Å². The van der Waals surface area contributed by atoms with Gasteiger partial charge in [-0.25, -0.2) is 24.5 Å². The van der Waals surface area contributed by atoms with Gasteiger partial charge in [-0.3, -0.25) is 23.6 Å². The lowest BCUT2D eigenvalue weighted by atomic mass is 10.2. The molecular formula is C24H24N8O6. The quantitative estimate of drug-likeness (QED) is 0.292. The zero-order valence-electron chi connectivity index (χ0n) is 20.3. The Bertz CT molecular complexity index is 1600. The lowest BCUT2D eigenvalue weighted by Crippen LogP contribution is -2.30. The molecule has 0 radical (unpaired) electrons. The van der Waals surface area contributed by atoms with Crippen LogP contribution in [0.4, 0.5) is 0 Å². The van der Waals surface area contributed by atoms with Crippen LogP contribution < -0.4 is 11.0 Å². The summed E-state index contributed by atoms with van der Waals surface area (Å²) in [6.07, 6.45) is 5.02. The summed E-state index contributed by atoms with van der Waals surface area (Å²) in [6.45, 7) is 1.15. The number of carboxylic acids is 2. The van der Waals surface area contributed by atoms with Crippen LogP contribution in [-0.4, -0.2) is 81.2 Å². The van der Waals surface area contributed by atoms with E-state index in [1.807, 2.05) is 0 Å². The fourth-order valence-electron chi connectivity index (χ4n) is 4.69. The Balaban J connectivity index is 1.41. The number of carbonyl (C=O) groups is 3. The summed E-state index contributed by atoms with van der Waals surface area (Å²) in [6, 6.07) is 6.33. The molecule has 0 aromatic carbocycles. The van der Waals surface area contributed by atoms with Crippen molar-refractivity contribution in [2.75, 3.05) is 19.6 Å². The molecule has 14 nitrogen and oxygen atoms in total. The van der Waals surface area contributed by atoms with Gasteiger partial charge >= 0.3 is 17.6 Å². The lowest BCUT2D eigenvalue weighted by Gasteiger charge is -2.16. The smallest absolute Gasteiger partial charge is 0.354 e. The molecule has 5 heterocycles. The van der Waals surface area contributed by atoms with E-state index in [1.54, 1.807) is 40.6 Å². The SMILES string of the molecule is Cn1c(C(=O)O)cnc1CN1CC[C@H](n2c(=O)n(-c3ccc(C(=O)NCC(=O)O)nc3)c3cccnc32)C1. The average molecular weight is 521 g/mol. The minimum Gasteiger partial charge on any atom is -0.480 e. The molecule has 196 valence electrons. The Kier molecular flexibility index (Phi) is 6.46. The lowest BCUT2D eigenvalue weighted by molar-refractivity contribution is -0.135. The molecule has 4 aromatic heterocycles. The predicted octanol–water partition coefficient (Wildman–Crippen LogP) is 0.275. The van der Waals surface area contributed by atoms with Gasteiger partial charge in [-0.1, -0.05) is 0 Å². The van der Waals surface area contributed by atoms with Crippen molar-refractivity contribution >= 4 is 29.0 Å². The number of nitrogens with one attached hydrogen (secondary N) is 1. The van der Waals surface area contributed by atoms with E-state index < -0.39 is 24.4 Å². The molecule has 0 spiro atoms. The molecule has 1 atom stereocenters. The molecule has 0 bridgehead atoms. The molecule has 1 amide bonds. The highest BCUT2D eigenvalue weighted by molar-refractivity contribution is 5.94. The summed E-state index contributed by atoms with van der Waals surface area (Å²) < 4.78 is 4.69. The minimum atomic E-state index is -1.17. The van der Waals surface area contributed by atoms with Gasteiger partial charge in [0, 0.05) is 26.3 Å². The monoisotopic (exact) mass is 520 g/mol. The Morgan fingerprint density at radius 3 is 2.61 bits per heavy atom. The summed E-state index contributed by atoms with van der Waals surface area (Å²) in [4.78, 5) is 62.8. The van der Waals surface area contributed by atoms with E-state index >= 15 is 0 Å². The zero-order chi connectivity index (χ0) is 27.0. The normalized spacial score (nSPS) is 15.7.